The number of carbonyl (C=O) groups excluding carboxylic acids is 1. The number of nitrogens with zero attached hydrogens (tertiary/aromatic N) is 3. The van der Waals surface area contributed by atoms with Crippen LogP contribution in [0.1, 0.15) is 35.2 Å². The van der Waals surface area contributed by atoms with Crippen molar-refractivity contribution < 1.29 is 9.32 Å². The Balaban J connectivity index is 1.60. The number of aromatic nitrogens is 3. The Morgan fingerprint density at radius 3 is 3.24 bits per heavy atom. The van der Waals surface area contributed by atoms with Crippen LogP contribution in [0.5, 0.6) is 0 Å². The molecule has 2 heterocycles. The van der Waals surface area contributed by atoms with Gasteiger partial charge in [-0.15, -0.1) is 0 Å². The summed E-state index contributed by atoms with van der Waals surface area (Å²) in [5.74, 6) is 1.28. The molecule has 1 amide bonds. The van der Waals surface area contributed by atoms with Crippen molar-refractivity contribution in [2.45, 2.75) is 32.7 Å². The zero-order valence-corrected chi connectivity index (χ0v) is 13.4. The second kappa shape index (κ2) is 6.01. The van der Waals surface area contributed by atoms with E-state index in [1.807, 2.05) is 6.20 Å². The third kappa shape index (κ3) is 3.18. The Kier molecular flexibility index (Phi) is 4.10. The number of hydrogen-bond acceptors (Lipinski definition) is 4. The fraction of sp³-hybridized carbons (Fsp3) is 0.500. The minimum atomic E-state index is -0.166. The molecule has 2 aromatic heterocycles. The summed E-state index contributed by atoms with van der Waals surface area (Å²) in [4.78, 5) is 12.2. The molecule has 1 N–H and O–H groups in total. The molecule has 21 heavy (non-hydrogen) atoms. The van der Waals surface area contributed by atoms with E-state index in [4.69, 9.17) is 4.52 Å². The Morgan fingerprint density at radius 2 is 2.48 bits per heavy atom. The standard InChI is InChI=1S/C14H17BrN4O2/c1-9-2-3-12-11(6-9)13(18-21-12)14(20)16-4-5-19-8-10(15)7-17-19/h7-9H,2-6H2,1H3,(H,16,20). The minimum absolute atomic E-state index is 0.166. The molecule has 7 heteroatoms. The largest absolute Gasteiger partial charge is 0.360 e. The lowest BCUT2D eigenvalue weighted by atomic mass is 9.88. The molecule has 112 valence electrons. The second-order valence-corrected chi connectivity index (χ2v) is 6.37. The lowest BCUT2D eigenvalue weighted by molar-refractivity contribution is 0.0942. The van der Waals surface area contributed by atoms with Gasteiger partial charge in [-0.05, 0) is 34.7 Å². The predicted molar refractivity (Wildman–Crippen MR) is 80.0 cm³/mol. The van der Waals surface area contributed by atoms with E-state index in [0.29, 0.717) is 24.7 Å². The van der Waals surface area contributed by atoms with E-state index in [0.717, 1.165) is 35.1 Å². The lowest BCUT2D eigenvalue weighted by Crippen LogP contribution is -2.29. The van der Waals surface area contributed by atoms with E-state index in [9.17, 15) is 4.79 Å². The summed E-state index contributed by atoms with van der Waals surface area (Å²) in [5.41, 5.74) is 1.42. The molecule has 0 saturated carbocycles. The van der Waals surface area contributed by atoms with Gasteiger partial charge in [-0.25, -0.2) is 0 Å². The Labute approximate surface area is 131 Å². The van der Waals surface area contributed by atoms with E-state index >= 15 is 0 Å². The van der Waals surface area contributed by atoms with E-state index < -0.39 is 0 Å². The molecular formula is C14H17BrN4O2. The molecule has 0 aliphatic heterocycles. The maximum atomic E-state index is 12.2. The maximum absolute atomic E-state index is 12.2. The smallest absolute Gasteiger partial charge is 0.273 e. The van der Waals surface area contributed by atoms with Crippen LogP contribution in [0.15, 0.2) is 21.4 Å². The van der Waals surface area contributed by atoms with Crippen LogP contribution in [0, 0.1) is 5.92 Å². The van der Waals surface area contributed by atoms with Gasteiger partial charge in [0.1, 0.15) is 5.76 Å². The summed E-state index contributed by atoms with van der Waals surface area (Å²) < 4.78 is 7.98. The zero-order valence-electron chi connectivity index (χ0n) is 11.8. The van der Waals surface area contributed by atoms with Crippen molar-refractivity contribution in [2.24, 2.45) is 5.92 Å². The summed E-state index contributed by atoms with van der Waals surface area (Å²) in [6.45, 7) is 3.31. The number of hydrogen-bond donors (Lipinski definition) is 1. The van der Waals surface area contributed by atoms with Crippen molar-refractivity contribution in [3.8, 4) is 0 Å². The van der Waals surface area contributed by atoms with E-state index in [2.05, 4.69) is 38.4 Å². The fourth-order valence-electron chi connectivity index (χ4n) is 2.58. The molecule has 0 fully saturated rings. The van der Waals surface area contributed by atoms with E-state index in [1.165, 1.54) is 0 Å². The number of rotatable bonds is 4. The first-order chi connectivity index (χ1) is 10.1. The highest BCUT2D eigenvalue weighted by molar-refractivity contribution is 9.10. The van der Waals surface area contributed by atoms with E-state index in [1.54, 1.807) is 10.9 Å². The van der Waals surface area contributed by atoms with Crippen LogP contribution in [-0.2, 0) is 19.4 Å². The first-order valence-electron chi connectivity index (χ1n) is 7.07. The first kappa shape index (κ1) is 14.3. The van der Waals surface area contributed by atoms with Gasteiger partial charge in [0.05, 0.1) is 17.2 Å². The van der Waals surface area contributed by atoms with E-state index in [-0.39, 0.29) is 5.91 Å². The third-order valence-electron chi connectivity index (χ3n) is 3.73. The van der Waals surface area contributed by atoms with Gasteiger partial charge < -0.3 is 9.84 Å². The molecule has 0 bridgehead atoms. The highest BCUT2D eigenvalue weighted by atomic mass is 79.9. The number of carbonyl (C=O) groups is 1. The van der Waals surface area contributed by atoms with Gasteiger partial charge in [0.15, 0.2) is 5.69 Å². The molecule has 1 unspecified atom stereocenters. The number of nitrogens with one attached hydrogen (secondary N) is 1. The van der Waals surface area contributed by atoms with Gasteiger partial charge >= 0.3 is 0 Å². The quantitative estimate of drug-likeness (QED) is 0.915. The topological polar surface area (TPSA) is 73.0 Å². The molecule has 1 aliphatic carbocycles. The molecule has 0 aromatic carbocycles. The predicted octanol–water partition coefficient (Wildman–Crippen LogP) is 2.19. The van der Waals surface area contributed by atoms with Crippen LogP contribution < -0.4 is 5.32 Å². The number of fused-ring (bicyclic) bond motifs is 1. The Hall–Kier alpha value is -1.63. The minimum Gasteiger partial charge on any atom is -0.360 e. The summed E-state index contributed by atoms with van der Waals surface area (Å²) in [6, 6.07) is 0. The average molecular weight is 353 g/mol. The van der Waals surface area contributed by atoms with Gasteiger partial charge in [-0.1, -0.05) is 12.1 Å². The van der Waals surface area contributed by atoms with Crippen molar-refractivity contribution in [3.05, 3.63) is 33.9 Å². The van der Waals surface area contributed by atoms with Crippen molar-refractivity contribution in [1.29, 1.82) is 0 Å². The highest BCUT2D eigenvalue weighted by Crippen LogP contribution is 2.27. The van der Waals surface area contributed by atoms with Crippen molar-refractivity contribution in [2.75, 3.05) is 6.54 Å². The normalized spacial score (nSPS) is 17.5. The fourth-order valence-corrected chi connectivity index (χ4v) is 2.91. The summed E-state index contributed by atoms with van der Waals surface area (Å²) in [5, 5.41) is 11.0. The van der Waals surface area contributed by atoms with Crippen LogP contribution in [0.4, 0.5) is 0 Å². The average Bonchev–Trinajstić information content (AvgIpc) is 3.04. The molecule has 0 saturated heterocycles. The monoisotopic (exact) mass is 352 g/mol. The zero-order chi connectivity index (χ0) is 14.8. The molecule has 6 nitrogen and oxygen atoms in total. The van der Waals surface area contributed by atoms with Crippen molar-refractivity contribution >= 4 is 21.8 Å². The summed E-state index contributed by atoms with van der Waals surface area (Å²) in [6.07, 6.45) is 6.42. The lowest BCUT2D eigenvalue weighted by Gasteiger charge is -2.16. The maximum Gasteiger partial charge on any atom is 0.273 e. The molecule has 3 rings (SSSR count). The SMILES string of the molecule is CC1CCc2onc(C(=O)NCCn3cc(Br)cn3)c2C1. The number of aryl methyl sites for hydroxylation is 1. The van der Waals surface area contributed by atoms with Crippen molar-refractivity contribution in [3.63, 3.8) is 0 Å². The molecule has 0 radical (unpaired) electrons. The van der Waals surface area contributed by atoms with Crippen LogP contribution in [0.25, 0.3) is 0 Å². The van der Waals surface area contributed by atoms with Crippen molar-refractivity contribution in [1.82, 2.24) is 20.3 Å². The summed E-state index contributed by atoms with van der Waals surface area (Å²) >= 11 is 3.34. The van der Waals surface area contributed by atoms with Gasteiger partial charge in [0.25, 0.3) is 5.91 Å². The van der Waals surface area contributed by atoms with Gasteiger partial charge in [-0.3, -0.25) is 9.48 Å². The molecule has 2 aromatic rings. The van der Waals surface area contributed by atoms with Gasteiger partial charge in [-0.2, -0.15) is 5.10 Å². The van der Waals surface area contributed by atoms with Crippen LogP contribution in [0.2, 0.25) is 0 Å². The molecule has 1 atom stereocenters. The Morgan fingerprint density at radius 1 is 1.62 bits per heavy atom. The number of halogens is 1. The van der Waals surface area contributed by atoms with Crippen LogP contribution in [0.3, 0.4) is 0 Å². The first-order valence-corrected chi connectivity index (χ1v) is 7.86. The van der Waals surface area contributed by atoms with Crippen LogP contribution >= 0.6 is 15.9 Å². The molecule has 0 spiro atoms. The van der Waals surface area contributed by atoms with Crippen LogP contribution in [-0.4, -0.2) is 27.4 Å². The van der Waals surface area contributed by atoms with Gasteiger partial charge in [0, 0.05) is 24.7 Å². The molecular weight excluding hydrogens is 336 g/mol. The second-order valence-electron chi connectivity index (χ2n) is 5.46. The molecule has 1 aliphatic rings. The highest BCUT2D eigenvalue weighted by Gasteiger charge is 2.26. The van der Waals surface area contributed by atoms with Gasteiger partial charge in [0.2, 0.25) is 0 Å². The Bertz CT molecular complexity index is 649. The summed E-state index contributed by atoms with van der Waals surface area (Å²) in [7, 11) is 0. The third-order valence-corrected chi connectivity index (χ3v) is 4.14. The number of amides is 1.